The van der Waals surface area contributed by atoms with Crippen LogP contribution in [0.5, 0.6) is 0 Å². The van der Waals surface area contributed by atoms with Crippen molar-refractivity contribution in [3.63, 3.8) is 0 Å². The number of nitrogens with one attached hydrogen (secondary N) is 1. The minimum atomic E-state index is -0.0857. The maximum atomic E-state index is 11.5. The van der Waals surface area contributed by atoms with Crippen molar-refractivity contribution in [3.05, 3.63) is 41.5 Å². The Morgan fingerprint density at radius 3 is 2.33 bits per heavy atom. The van der Waals surface area contributed by atoms with Crippen molar-refractivity contribution in [1.29, 1.82) is 0 Å². The lowest BCUT2D eigenvalue weighted by atomic mass is 10.1. The molecule has 0 saturated heterocycles. The molecule has 0 fully saturated rings. The number of hydrogen-bond donors (Lipinski definition) is 1. The highest BCUT2D eigenvalue weighted by atomic mass is 16.2. The third-order valence-corrected chi connectivity index (χ3v) is 2.37. The van der Waals surface area contributed by atoms with Crippen molar-refractivity contribution < 1.29 is 9.59 Å². The number of amides is 2. The van der Waals surface area contributed by atoms with Gasteiger partial charge in [-0.25, -0.2) is 0 Å². The zero-order chi connectivity index (χ0) is 13.5. The zero-order valence-electron chi connectivity index (χ0n) is 10.9. The monoisotopic (exact) mass is 246 g/mol. The molecular formula is C14H18N2O2. The average Bonchev–Trinajstić information content (AvgIpc) is 2.36. The van der Waals surface area contributed by atoms with Crippen LogP contribution < -0.4 is 5.32 Å². The second-order valence-corrected chi connectivity index (χ2v) is 4.05. The SMILES string of the molecule is CCNC(=O)c1ccc(C=CC(=O)N(C)C)cc1. The Labute approximate surface area is 107 Å². The lowest BCUT2D eigenvalue weighted by Crippen LogP contribution is -2.22. The first kappa shape index (κ1) is 14.0. The molecule has 1 rings (SSSR count). The molecule has 0 radical (unpaired) electrons. The van der Waals surface area contributed by atoms with Crippen molar-refractivity contribution in [2.24, 2.45) is 0 Å². The molecule has 0 unspecified atom stereocenters. The number of likely N-dealkylation sites (N-methyl/N-ethyl adjacent to an activating group) is 1. The second kappa shape index (κ2) is 6.59. The summed E-state index contributed by atoms with van der Waals surface area (Å²) in [5, 5.41) is 2.73. The molecule has 1 N–H and O–H groups in total. The van der Waals surface area contributed by atoms with Crippen LogP contribution in [0.3, 0.4) is 0 Å². The summed E-state index contributed by atoms with van der Waals surface area (Å²) in [6.07, 6.45) is 3.23. The number of carbonyl (C=O) groups excluding carboxylic acids is 2. The Bertz CT molecular complexity index is 447. The van der Waals surface area contributed by atoms with Crippen LogP contribution in [0.1, 0.15) is 22.8 Å². The van der Waals surface area contributed by atoms with E-state index in [4.69, 9.17) is 0 Å². The standard InChI is InChI=1S/C14H18N2O2/c1-4-15-14(18)12-8-5-11(6-9-12)7-10-13(17)16(2)3/h5-10H,4H2,1-3H3,(H,15,18). The molecule has 1 aromatic rings. The van der Waals surface area contributed by atoms with Gasteiger partial charge in [-0.1, -0.05) is 12.1 Å². The fourth-order valence-electron chi connectivity index (χ4n) is 1.32. The van der Waals surface area contributed by atoms with E-state index >= 15 is 0 Å². The molecule has 0 heterocycles. The van der Waals surface area contributed by atoms with E-state index in [1.165, 1.54) is 11.0 Å². The second-order valence-electron chi connectivity index (χ2n) is 4.05. The van der Waals surface area contributed by atoms with Gasteiger partial charge in [0.15, 0.2) is 0 Å². The van der Waals surface area contributed by atoms with Crippen LogP contribution in [-0.2, 0) is 4.79 Å². The predicted molar refractivity (Wildman–Crippen MR) is 72.2 cm³/mol. The molecule has 0 atom stereocenters. The topological polar surface area (TPSA) is 49.4 Å². The molecule has 4 nitrogen and oxygen atoms in total. The normalized spacial score (nSPS) is 10.4. The highest BCUT2D eigenvalue weighted by Gasteiger charge is 2.02. The largest absolute Gasteiger partial charge is 0.352 e. The summed E-state index contributed by atoms with van der Waals surface area (Å²) < 4.78 is 0. The van der Waals surface area contributed by atoms with Crippen molar-refractivity contribution in [3.8, 4) is 0 Å². The third-order valence-electron chi connectivity index (χ3n) is 2.37. The lowest BCUT2D eigenvalue weighted by molar-refractivity contribution is -0.123. The fraction of sp³-hybridized carbons (Fsp3) is 0.286. The molecule has 0 aliphatic heterocycles. The fourth-order valence-corrected chi connectivity index (χ4v) is 1.32. The summed E-state index contributed by atoms with van der Waals surface area (Å²) >= 11 is 0. The highest BCUT2D eigenvalue weighted by Crippen LogP contribution is 2.06. The van der Waals surface area contributed by atoms with Crippen LogP contribution in [0.25, 0.3) is 6.08 Å². The molecule has 1 aromatic carbocycles. The molecular weight excluding hydrogens is 228 g/mol. The highest BCUT2D eigenvalue weighted by molar-refractivity contribution is 5.94. The van der Waals surface area contributed by atoms with Crippen LogP contribution in [0, 0.1) is 0 Å². The molecule has 0 bridgehead atoms. The first-order valence-electron chi connectivity index (χ1n) is 5.82. The number of benzene rings is 1. The smallest absolute Gasteiger partial charge is 0.251 e. The summed E-state index contributed by atoms with van der Waals surface area (Å²) in [5.41, 5.74) is 1.51. The number of rotatable bonds is 4. The third kappa shape index (κ3) is 4.05. The molecule has 0 spiro atoms. The number of hydrogen-bond acceptors (Lipinski definition) is 2. The molecule has 0 aromatic heterocycles. The van der Waals surface area contributed by atoms with E-state index < -0.39 is 0 Å². The van der Waals surface area contributed by atoms with E-state index in [-0.39, 0.29) is 11.8 Å². The molecule has 2 amide bonds. The van der Waals surface area contributed by atoms with Crippen LogP contribution in [0.15, 0.2) is 30.3 Å². The number of nitrogens with zero attached hydrogens (tertiary/aromatic N) is 1. The van der Waals surface area contributed by atoms with E-state index in [0.717, 1.165) is 5.56 Å². The molecule has 4 heteroatoms. The van der Waals surface area contributed by atoms with Gasteiger partial charge in [-0.3, -0.25) is 9.59 Å². The van der Waals surface area contributed by atoms with Gasteiger partial charge in [0, 0.05) is 32.3 Å². The Morgan fingerprint density at radius 1 is 1.22 bits per heavy atom. The quantitative estimate of drug-likeness (QED) is 0.819. The average molecular weight is 246 g/mol. The molecule has 96 valence electrons. The maximum absolute atomic E-state index is 11.5. The van der Waals surface area contributed by atoms with Crippen molar-refractivity contribution >= 4 is 17.9 Å². The van der Waals surface area contributed by atoms with E-state index in [9.17, 15) is 9.59 Å². The summed E-state index contributed by atoms with van der Waals surface area (Å²) in [7, 11) is 3.40. The van der Waals surface area contributed by atoms with Gasteiger partial charge in [-0.2, -0.15) is 0 Å². The molecule has 0 saturated carbocycles. The van der Waals surface area contributed by atoms with Crippen LogP contribution in [0.2, 0.25) is 0 Å². The van der Waals surface area contributed by atoms with E-state index in [1.54, 1.807) is 32.3 Å². The van der Waals surface area contributed by atoms with E-state index in [2.05, 4.69) is 5.32 Å². The van der Waals surface area contributed by atoms with Gasteiger partial charge in [0.25, 0.3) is 5.91 Å². The summed E-state index contributed by atoms with van der Waals surface area (Å²) in [4.78, 5) is 24.4. The van der Waals surface area contributed by atoms with Crippen molar-refractivity contribution in [2.75, 3.05) is 20.6 Å². The minimum Gasteiger partial charge on any atom is -0.352 e. The minimum absolute atomic E-state index is 0.0668. The van der Waals surface area contributed by atoms with Gasteiger partial charge in [0.05, 0.1) is 0 Å². The van der Waals surface area contributed by atoms with Gasteiger partial charge in [0.1, 0.15) is 0 Å². The van der Waals surface area contributed by atoms with Gasteiger partial charge in [-0.05, 0) is 30.7 Å². The Morgan fingerprint density at radius 2 is 1.83 bits per heavy atom. The van der Waals surface area contributed by atoms with Crippen LogP contribution in [0.4, 0.5) is 0 Å². The summed E-state index contributed by atoms with van der Waals surface area (Å²) in [5.74, 6) is -0.153. The van der Waals surface area contributed by atoms with Gasteiger partial charge in [-0.15, -0.1) is 0 Å². The summed E-state index contributed by atoms with van der Waals surface area (Å²) in [6, 6.07) is 7.10. The van der Waals surface area contributed by atoms with E-state index in [1.807, 2.05) is 19.1 Å². The molecule has 18 heavy (non-hydrogen) atoms. The molecule has 0 aliphatic rings. The Balaban J connectivity index is 2.71. The van der Waals surface area contributed by atoms with Gasteiger partial charge in [0.2, 0.25) is 5.91 Å². The zero-order valence-corrected chi connectivity index (χ0v) is 10.9. The van der Waals surface area contributed by atoms with Crippen molar-refractivity contribution in [2.45, 2.75) is 6.92 Å². The maximum Gasteiger partial charge on any atom is 0.251 e. The van der Waals surface area contributed by atoms with E-state index in [0.29, 0.717) is 12.1 Å². The summed E-state index contributed by atoms with van der Waals surface area (Å²) in [6.45, 7) is 2.49. The van der Waals surface area contributed by atoms with Crippen molar-refractivity contribution in [1.82, 2.24) is 10.2 Å². The first-order chi connectivity index (χ1) is 8.54. The van der Waals surface area contributed by atoms with Gasteiger partial charge >= 0.3 is 0 Å². The molecule has 0 aliphatic carbocycles. The lowest BCUT2D eigenvalue weighted by Gasteiger charge is -2.05. The number of carbonyl (C=O) groups is 2. The van der Waals surface area contributed by atoms with Gasteiger partial charge < -0.3 is 10.2 Å². The van der Waals surface area contributed by atoms with Crippen LogP contribution in [-0.4, -0.2) is 37.4 Å². The predicted octanol–water partition coefficient (Wildman–Crippen LogP) is 1.54. The first-order valence-corrected chi connectivity index (χ1v) is 5.82. The van der Waals surface area contributed by atoms with Crippen LogP contribution >= 0.6 is 0 Å². The Kier molecular flexibility index (Phi) is 5.11. The Hall–Kier alpha value is -2.10.